The number of hydrogen-bond acceptors (Lipinski definition) is 3. The number of hydrogen-bond donors (Lipinski definition) is 0. The van der Waals surface area contributed by atoms with Crippen molar-refractivity contribution in [2.75, 3.05) is 7.11 Å². The predicted octanol–water partition coefficient (Wildman–Crippen LogP) is 2.37. The maximum absolute atomic E-state index is 13.3. The second kappa shape index (κ2) is 4.97. The van der Waals surface area contributed by atoms with Gasteiger partial charge in [0, 0.05) is 16.2 Å². The van der Waals surface area contributed by atoms with Gasteiger partial charge < -0.3 is 4.74 Å². The number of halogens is 3. The van der Waals surface area contributed by atoms with E-state index < -0.39 is 27.3 Å². The lowest BCUT2D eigenvalue weighted by atomic mass is 10.1. The Morgan fingerprint density at radius 3 is 2.50 bits per heavy atom. The van der Waals surface area contributed by atoms with Crippen LogP contribution < -0.4 is 4.74 Å². The number of benzene rings is 1. The van der Waals surface area contributed by atoms with Crippen LogP contribution in [-0.2, 0) is 21.5 Å². The molecule has 7 heteroatoms. The van der Waals surface area contributed by atoms with Gasteiger partial charge in [-0.05, 0) is 17.7 Å². The van der Waals surface area contributed by atoms with Crippen molar-refractivity contribution in [1.82, 2.24) is 0 Å². The van der Waals surface area contributed by atoms with Crippen LogP contribution in [0.15, 0.2) is 12.1 Å². The number of methoxy groups -OCH3 is 1. The van der Waals surface area contributed by atoms with Crippen LogP contribution in [0.5, 0.6) is 5.75 Å². The molecule has 0 heterocycles. The highest BCUT2D eigenvalue weighted by Crippen LogP contribution is 2.27. The van der Waals surface area contributed by atoms with E-state index in [9.17, 15) is 17.2 Å². The van der Waals surface area contributed by atoms with E-state index in [1.807, 2.05) is 0 Å². The molecule has 0 N–H and O–H groups in total. The molecule has 0 atom stereocenters. The lowest BCUT2D eigenvalue weighted by Gasteiger charge is -2.09. The fourth-order valence-corrected chi connectivity index (χ4v) is 2.25. The summed E-state index contributed by atoms with van der Waals surface area (Å²) >= 11 is 0. The lowest BCUT2D eigenvalue weighted by Crippen LogP contribution is -2.02. The molecule has 3 nitrogen and oxygen atoms in total. The molecule has 1 aromatic carbocycles. The van der Waals surface area contributed by atoms with Crippen LogP contribution in [0.3, 0.4) is 0 Å². The summed E-state index contributed by atoms with van der Waals surface area (Å²) in [5.74, 6) is -1.66. The molecular formula is C9H9ClF2O3S. The Balaban J connectivity index is 3.28. The molecule has 0 radical (unpaired) electrons. The molecule has 0 aliphatic heterocycles. The van der Waals surface area contributed by atoms with Crippen LogP contribution in [0, 0.1) is 5.82 Å². The highest BCUT2D eigenvalue weighted by Gasteiger charge is 2.16. The molecule has 0 saturated heterocycles. The maximum atomic E-state index is 13.3. The molecule has 90 valence electrons. The Labute approximate surface area is 96.4 Å². The third-order valence-corrected chi connectivity index (χ3v) is 2.85. The fraction of sp³-hybridized carbons (Fsp3) is 0.333. The first-order valence-corrected chi connectivity index (χ1v) is 6.69. The van der Waals surface area contributed by atoms with Crippen molar-refractivity contribution in [3.63, 3.8) is 0 Å². The highest BCUT2D eigenvalue weighted by molar-refractivity contribution is 8.13. The molecule has 0 aromatic heterocycles. The molecule has 0 fully saturated rings. The molecule has 0 aliphatic rings. The third-order valence-electron chi connectivity index (χ3n) is 1.87. The van der Waals surface area contributed by atoms with E-state index in [0.717, 1.165) is 6.07 Å². The molecule has 0 spiro atoms. The van der Waals surface area contributed by atoms with E-state index in [-0.39, 0.29) is 16.9 Å². The molecule has 1 rings (SSSR count). The minimum Gasteiger partial charge on any atom is -0.493 e. The van der Waals surface area contributed by atoms with Crippen LogP contribution in [0.1, 0.15) is 11.1 Å². The summed E-state index contributed by atoms with van der Waals surface area (Å²) in [6, 6.07) is 2.16. The Kier molecular flexibility index (Phi) is 4.09. The van der Waals surface area contributed by atoms with Crippen LogP contribution in [0.4, 0.5) is 8.78 Å². The van der Waals surface area contributed by atoms with E-state index in [4.69, 9.17) is 15.4 Å². The topological polar surface area (TPSA) is 43.4 Å². The van der Waals surface area contributed by atoms with Gasteiger partial charge in [-0.15, -0.1) is 0 Å². The monoisotopic (exact) mass is 270 g/mol. The van der Waals surface area contributed by atoms with Gasteiger partial charge in [-0.1, -0.05) is 0 Å². The van der Waals surface area contributed by atoms with Crippen molar-refractivity contribution in [2.45, 2.75) is 12.4 Å². The molecule has 0 unspecified atom stereocenters. The average molecular weight is 271 g/mol. The summed E-state index contributed by atoms with van der Waals surface area (Å²) in [6.45, 7) is -0.893. The van der Waals surface area contributed by atoms with Crippen molar-refractivity contribution < 1.29 is 21.9 Å². The zero-order chi connectivity index (χ0) is 12.3. The standard InChI is InChI=1S/C9H9ClF2O3S/c1-15-9-7(5-16(10,13)14)2-6(4-11)3-8(9)12/h2-3H,4-5H2,1H3. The summed E-state index contributed by atoms with van der Waals surface area (Å²) in [5.41, 5.74) is 0.0405. The minimum atomic E-state index is -3.85. The van der Waals surface area contributed by atoms with Crippen LogP contribution >= 0.6 is 10.7 Å². The van der Waals surface area contributed by atoms with Crippen molar-refractivity contribution >= 4 is 19.7 Å². The van der Waals surface area contributed by atoms with Gasteiger partial charge in [0.05, 0.1) is 12.9 Å². The smallest absolute Gasteiger partial charge is 0.236 e. The van der Waals surface area contributed by atoms with Gasteiger partial charge in [0.25, 0.3) is 0 Å². The molecule has 0 bridgehead atoms. The number of alkyl halides is 1. The summed E-state index contributed by atoms with van der Waals surface area (Å²) in [6.07, 6.45) is 0. The van der Waals surface area contributed by atoms with Gasteiger partial charge in [-0.2, -0.15) is 0 Å². The lowest BCUT2D eigenvalue weighted by molar-refractivity contribution is 0.381. The van der Waals surface area contributed by atoms with Crippen LogP contribution in [-0.4, -0.2) is 15.5 Å². The Morgan fingerprint density at radius 1 is 1.44 bits per heavy atom. The molecule has 16 heavy (non-hydrogen) atoms. The van der Waals surface area contributed by atoms with Gasteiger partial charge in [0.15, 0.2) is 11.6 Å². The first-order chi connectivity index (χ1) is 7.37. The third kappa shape index (κ3) is 3.31. The summed E-state index contributed by atoms with van der Waals surface area (Å²) < 4.78 is 52.2. The van der Waals surface area contributed by atoms with Crippen molar-refractivity contribution in [3.05, 3.63) is 29.1 Å². The van der Waals surface area contributed by atoms with E-state index in [2.05, 4.69) is 0 Å². The average Bonchev–Trinajstić information content (AvgIpc) is 2.14. The highest BCUT2D eigenvalue weighted by atomic mass is 35.7. The molecule has 1 aromatic rings. The van der Waals surface area contributed by atoms with E-state index >= 15 is 0 Å². The SMILES string of the molecule is COc1c(F)cc(CF)cc1CS(=O)(=O)Cl. The number of ether oxygens (including phenoxy) is 1. The summed E-state index contributed by atoms with van der Waals surface area (Å²) in [5, 5.41) is 0. The van der Waals surface area contributed by atoms with Crippen molar-refractivity contribution in [1.29, 1.82) is 0 Å². The zero-order valence-corrected chi connectivity index (χ0v) is 9.91. The molecule has 0 aliphatic carbocycles. The van der Waals surface area contributed by atoms with Crippen LogP contribution in [0.2, 0.25) is 0 Å². The maximum Gasteiger partial charge on any atom is 0.236 e. The predicted molar refractivity (Wildman–Crippen MR) is 56.2 cm³/mol. The number of rotatable bonds is 4. The minimum absolute atomic E-state index is 0.00477. The Hall–Kier alpha value is -0.880. The molecular weight excluding hydrogens is 262 g/mol. The van der Waals surface area contributed by atoms with Gasteiger partial charge >= 0.3 is 0 Å². The summed E-state index contributed by atoms with van der Waals surface area (Å²) in [7, 11) is 2.39. The van der Waals surface area contributed by atoms with Crippen molar-refractivity contribution in [2.24, 2.45) is 0 Å². The van der Waals surface area contributed by atoms with E-state index in [1.54, 1.807) is 0 Å². The zero-order valence-electron chi connectivity index (χ0n) is 8.34. The van der Waals surface area contributed by atoms with Crippen molar-refractivity contribution in [3.8, 4) is 5.75 Å². The summed E-state index contributed by atoms with van der Waals surface area (Å²) in [4.78, 5) is 0. The van der Waals surface area contributed by atoms with Gasteiger partial charge in [-0.3, -0.25) is 0 Å². The molecule has 0 amide bonds. The second-order valence-corrected chi connectivity index (χ2v) is 5.86. The van der Waals surface area contributed by atoms with Gasteiger partial charge in [0.1, 0.15) is 6.67 Å². The van der Waals surface area contributed by atoms with E-state index in [0.29, 0.717) is 0 Å². The Morgan fingerprint density at radius 2 is 2.06 bits per heavy atom. The fourth-order valence-electron chi connectivity index (χ4n) is 1.31. The van der Waals surface area contributed by atoms with E-state index in [1.165, 1.54) is 13.2 Å². The van der Waals surface area contributed by atoms with Crippen LogP contribution in [0.25, 0.3) is 0 Å². The first-order valence-electron chi connectivity index (χ1n) is 4.21. The Bertz CT molecular complexity index is 488. The molecule has 0 saturated carbocycles. The van der Waals surface area contributed by atoms with Gasteiger partial charge in [0.2, 0.25) is 9.05 Å². The first kappa shape index (κ1) is 13.2. The van der Waals surface area contributed by atoms with Gasteiger partial charge in [-0.25, -0.2) is 17.2 Å². The second-order valence-electron chi connectivity index (χ2n) is 3.09. The quantitative estimate of drug-likeness (QED) is 0.789. The normalized spacial score (nSPS) is 11.5. The largest absolute Gasteiger partial charge is 0.493 e.